The minimum Gasteiger partial charge on any atom is -0.497 e. The number of hydrogen-bond donors (Lipinski definition) is 1. The summed E-state index contributed by atoms with van der Waals surface area (Å²) >= 11 is 14.1. The number of nitrogens with zero attached hydrogens (tertiary/aromatic N) is 2. The van der Waals surface area contributed by atoms with Gasteiger partial charge in [-0.3, -0.25) is 14.5 Å². The Bertz CT molecular complexity index is 1240. The van der Waals surface area contributed by atoms with Crippen molar-refractivity contribution in [2.75, 3.05) is 23.9 Å². The Morgan fingerprint density at radius 2 is 1.83 bits per heavy atom. The summed E-state index contributed by atoms with van der Waals surface area (Å²) < 4.78 is 6.30. The largest absolute Gasteiger partial charge is 0.497 e. The first-order valence-corrected chi connectivity index (χ1v) is 12.8. The van der Waals surface area contributed by atoms with Crippen molar-refractivity contribution in [2.24, 2.45) is 0 Å². The minimum atomic E-state index is -0.719. The van der Waals surface area contributed by atoms with Gasteiger partial charge in [0.2, 0.25) is 5.91 Å². The van der Waals surface area contributed by atoms with Crippen LogP contribution in [0.5, 0.6) is 5.75 Å². The Morgan fingerprint density at radius 3 is 2.49 bits per heavy atom. The number of rotatable bonds is 8. The quantitative estimate of drug-likeness (QED) is 0.266. The lowest BCUT2D eigenvalue weighted by atomic mass is 10.1. The number of carbonyl (C=O) groups excluding carboxylic acids is 2. The normalized spacial score (nSPS) is 15.5. The Balaban J connectivity index is 1.55. The van der Waals surface area contributed by atoms with Crippen molar-refractivity contribution >= 4 is 74.7 Å². The van der Waals surface area contributed by atoms with Crippen molar-refractivity contribution in [2.45, 2.75) is 18.9 Å². The number of nitrogens with one attached hydrogen (secondary N) is 1. The lowest BCUT2D eigenvalue weighted by Gasteiger charge is -2.24. The third kappa shape index (κ3) is 6.12. The van der Waals surface area contributed by atoms with Crippen LogP contribution in [0.1, 0.15) is 12.0 Å². The van der Waals surface area contributed by atoms with Crippen LogP contribution < -0.4 is 15.0 Å². The van der Waals surface area contributed by atoms with Gasteiger partial charge in [-0.05, 0) is 101 Å². The van der Waals surface area contributed by atoms with E-state index in [1.807, 2.05) is 53.4 Å². The molecule has 3 aromatic carbocycles. The molecular weight excluding hydrogens is 597 g/mol. The molecule has 2 amide bonds. The van der Waals surface area contributed by atoms with Crippen LogP contribution in [0.3, 0.4) is 0 Å². The summed E-state index contributed by atoms with van der Waals surface area (Å²) in [5, 5.41) is 3.75. The fourth-order valence-electron chi connectivity index (χ4n) is 3.90. The molecule has 1 atom stereocenters. The van der Waals surface area contributed by atoms with E-state index in [1.165, 1.54) is 4.90 Å². The topological polar surface area (TPSA) is 61.9 Å². The number of methoxy groups -OCH3 is 1. The highest BCUT2D eigenvalue weighted by molar-refractivity contribution is 14.1. The van der Waals surface area contributed by atoms with Gasteiger partial charge in [-0.1, -0.05) is 29.8 Å². The predicted molar refractivity (Wildman–Crippen MR) is 151 cm³/mol. The predicted octanol–water partition coefficient (Wildman–Crippen LogP) is 5.53. The molecule has 0 spiro atoms. The number of halogens is 2. The number of hydrogen-bond acceptors (Lipinski definition) is 4. The molecule has 1 unspecified atom stereocenters. The summed E-state index contributed by atoms with van der Waals surface area (Å²) in [6, 6.07) is 21.5. The van der Waals surface area contributed by atoms with E-state index in [2.05, 4.69) is 27.9 Å². The van der Waals surface area contributed by atoms with Crippen LogP contribution in [-0.4, -0.2) is 41.5 Å². The molecule has 1 N–H and O–H groups in total. The lowest BCUT2D eigenvalue weighted by Crippen LogP contribution is -2.39. The lowest BCUT2D eigenvalue weighted by molar-refractivity contribution is -0.124. The first kappa shape index (κ1) is 25.4. The Morgan fingerprint density at radius 1 is 1.11 bits per heavy atom. The Hall–Kier alpha value is -2.69. The monoisotopic (exact) mass is 619 g/mol. The molecule has 6 nitrogen and oxygen atoms in total. The van der Waals surface area contributed by atoms with Crippen LogP contribution in [-0.2, 0) is 16.0 Å². The summed E-state index contributed by atoms with van der Waals surface area (Å²) in [6.07, 6.45) is 0.626. The number of carbonyl (C=O) groups is 2. The van der Waals surface area contributed by atoms with Crippen LogP contribution in [0.4, 0.5) is 11.4 Å². The van der Waals surface area contributed by atoms with E-state index in [0.29, 0.717) is 34.5 Å². The van der Waals surface area contributed by atoms with Crippen molar-refractivity contribution < 1.29 is 14.3 Å². The van der Waals surface area contributed by atoms with Gasteiger partial charge in [0.1, 0.15) is 11.8 Å². The second-order valence-electron chi connectivity index (χ2n) is 8.00. The summed E-state index contributed by atoms with van der Waals surface area (Å²) in [4.78, 5) is 29.7. The Kier molecular flexibility index (Phi) is 8.25. The third-order valence-electron chi connectivity index (χ3n) is 5.69. The zero-order valence-corrected chi connectivity index (χ0v) is 22.6. The molecule has 9 heteroatoms. The van der Waals surface area contributed by atoms with Crippen LogP contribution in [0.15, 0.2) is 72.8 Å². The molecule has 1 saturated heterocycles. The molecule has 4 rings (SSSR count). The molecule has 0 aromatic heterocycles. The van der Waals surface area contributed by atoms with E-state index in [-0.39, 0.29) is 18.2 Å². The molecule has 1 fully saturated rings. The van der Waals surface area contributed by atoms with Crippen molar-refractivity contribution in [1.82, 2.24) is 4.90 Å². The van der Waals surface area contributed by atoms with Gasteiger partial charge in [0, 0.05) is 20.8 Å². The van der Waals surface area contributed by atoms with Gasteiger partial charge >= 0.3 is 0 Å². The smallest absolute Gasteiger partial charge is 0.256 e. The highest BCUT2D eigenvalue weighted by Crippen LogP contribution is 2.29. The highest BCUT2D eigenvalue weighted by Gasteiger charge is 2.43. The fraction of sp³-hybridized carbons (Fsp3) is 0.192. The molecule has 0 bridgehead atoms. The maximum atomic E-state index is 13.5. The standard InChI is InChI=1S/C26H23ClIN3O3S/c1-34-22-11-5-17(6-12-22)13-14-30-23(16-24(32)29-20-9-7-19(28)8-10-20)25(33)31(26(30)35)21-4-2-3-18(27)15-21/h2-12,15,23H,13-14,16H2,1H3,(H,29,32). The summed E-state index contributed by atoms with van der Waals surface area (Å²) in [5.74, 6) is 0.275. The molecule has 35 heavy (non-hydrogen) atoms. The van der Waals surface area contributed by atoms with Gasteiger partial charge in [-0.2, -0.15) is 0 Å². The van der Waals surface area contributed by atoms with Crippen molar-refractivity contribution in [3.63, 3.8) is 0 Å². The van der Waals surface area contributed by atoms with Gasteiger partial charge in [-0.25, -0.2) is 0 Å². The Labute approximate surface area is 228 Å². The van der Waals surface area contributed by atoms with E-state index < -0.39 is 6.04 Å². The van der Waals surface area contributed by atoms with Gasteiger partial charge in [0.05, 0.1) is 19.2 Å². The molecule has 1 heterocycles. The van der Waals surface area contributed by atoms with Gasteiger partial charge in [-0.15, -0.1) is 0 Å². The zero-order chi connectivity index (χ0) is 24.9. The fourth-order valence-corrected chi connectivity index (χ4v) is 4.86. The van der Waals surface area contributed by atoms with E-state index in [9.17, 15) is 9.59 Å². The van der Waals surface area contributed by atoms with Crippen molar-refractivity contribution in [3.05, 3.63) is 87.0 Å². The minimum absolute atomic E-state index is 0.0232. The second-order valence-corrected chi connectivity index (χ2v) is 10.0. The molecule has 1 aliphatic heterocycles. The summed E-state index contributed by atoms with van der Waals surface area (Å²) in [6.45, 7) is 0.482. The third-order valence-corrected chi connectivity index (χ3v) is 7.06. The molecule has 0 saturated carbocycles. The number of benzene rings is 3. The van der Waals surface area contributed by atoms with Crippen molar-refractivity contribution in [3.8, 4) is 5.75 Å². The average molecular weight is 620 g/mol. The number of thiocarbonyl (C=S) groups is 1. The molecule has 0 radical (unpaired) electrons. The first-order chi connectivity index (χ1) is 16.9. The summed E-state index contributed by atoms with van der Waals surface area (Å²) in [5.41, 5.74) is 2.34. The number of anilines is 2. The maximum absolute atomic E-state index is 13.5. The summed E-state index contributed by atoms with van der Waals surface area (Å²) in [7, 11) is 1.62. The van der Waals surface area contributed by atoms with Crippen LogP contribution in [0.2, 0.25) is 5.02 Å². The number of ether oxygens (including phenoxy) is 1. The molecule has 3 aromatic rings. The van der Waals surface area contributed by atoms with Gasteiger partial charge in [0.25, 0.3) is 5.91 Å². The molecule has 0 aliphatic carbocycles. The molecule has 1 aliphatic rings. The first-order valence-electron chi connectivity index (χ1n) is 10.9. The second kappa shape index (κ2) is 11.4. The maximum Gasteiger partial charge on any atom is 0.256 e. The SMILES string of the molecule is COc1ccc(CCN2C(=S)N(c3cccc(Cl)c3)C(=O)C2CC(=O)Nc2ccc(I)cc2)cc1. The van der Waals surface area contributed by atoms with Crippen molar-refractivity contribution in [1.29, 1.82) is 0 Å². The van der Waals surface area contributed by atoms with Crippen LogP contribution >= 0.6 is 46.4 Å². The van der Waals surface area contributed by atoms with Crippen LogP contribution in [0, 0.1) is 3.57 Å². The number of amides is 2. The molecule has 180 valence electrons. The van der Waals surface area contributed by atoms with E-state index in [4.69, 9.17) is 28.6 Å². The van der Waals surface area contributed by atoms with Crippen LogP contribution in [0.25, 0.3) is 0 Å². The van der Waals surface area contributed by atoms with E-state index in [1.54, 1.807) is 31.4 Å². The average Bonchev–Trinajstić information content (AvgIpc) is 3.08. The van der Waals surface area contributed by atoms with Gasteiger partial charge < -0.3 is 15.0 Å². The van der Waals surface area contributed by atoms with E-state index >= 15 is 0 Å². The van der Waals surface area contributed by atoms with Gasteiger partial charge in [0.15, 0.2) is 5.11 Å². The highest BCUT2D eigenvalue weighted by atomic mass is 127. The van der Waals surface area contributed by atoms with E-state index in [0.717, 1.165) is 14.9 Å². The zero-order valence-electron chi connectivity index (χ0n) is 18.9. The molecular formula is C26H23ClIN3O3S.